The van der Waals surface area contributed by atoms with E-state index in [1.165, 1.54) is 35.2 Å². The van der Waals surface area contributed by atoms with Crippen LogP contribution >= 0.6 is 0 Å². The molecule has 4 atom stereocenters. The fraction of sp³-hybridized carbons (Fsp3) is 0.222. The van der Waals surface area contributed by atoms with E-state index in [4.69, 9.17) is 0 Å². The smallest absolute Gasteiger partial charge is 0.250 e. The lowest BCUT2D eigenvalue weighted by atomic mass is 9.76. The molecule has 1 spiro atoms. The highest BCUT2D eigenvalue weighted by Gasteiger charge is 2.70. The molecule has 3 heterocycles. The normalized spacial score (nSPS) is 26.4. The molecule has 8 nitrogen and oxygen atoms in total. The van der Waals surface area contributed by atoms with Gasteiger partial charge in [-0.2, -0.15) is 0 Å². The number of imide groups is 1. The van der Waals surface area contributed by atoms with Crippen molar-refractivity contribution >= 4 is 23.4 Å². The van der Waals surface area contributed by atoms with Crippen LogP contribution in [0.1, 0.15) is 16.7 Å². The molecule has 2 fully saturated rings. The number of phenols is 2. The van der Waals surface area contributed by atoms with Crippen molar-refractivity contribution in [3.63, 3.8) is 0 Å². The second-order valence-electron chi connectivity index (χ2n) is 9.48. The number of halogens is 1. The molecule has 0 saturated carbocycles. The van der Waals surface area contributed by atoms with E-state index in [1.54, 1.807) is 6.07 Å². The van der Waals surface area contributed by atoms with Gasteiger partial charge < -0.3 is 15.5 Å². The molecule has 3 aliphatic heterocycles. The summed E-state index contributed by atoms with van der Waals surface area (Å²) in [4.78, 5) is 42.2. The summed E-state index contributed by atoms with van der Waals surface area (Å²) in [5, 5.41) is 25.6. The van der Waals surface area contributed by atoms with Gasteiger partial charge in [0.15, 0.2) is 11.5 Å². The molecule has 0 aliphatic carbocycles. The lowest BCUT2D eigenvalue weighted by Crippen LogP contribution is -2.53. The molecule has 2 saturated heterocycles. The number of phenolic OH excluding ortho intramolecular Hbond substituents is 2. The molecule has 36 heavy (non-hydrogen) atoms. The molecular weight excluding hydrogens is 465 g/mol. The Morgan fingerprint density at radius 3 is 2.42 bits per heavy atom. The van der Waals surface area contributed by atoms with Crippen LogP contribution in [0, 0.1) is 17.7 Å². The lowest BCUT2D eigenvalue weighted by Gasteiger charge is -2.29. The van der Waals surface area contributed by atoms with Crippen LogP contribution in [-0.4, -0.2) is 38.9 Å². The first-order valence-electron chi connectivity index (χ1n) is 11.6. The maximum absolute atomic E-state index is 14.4. The van der Waals surface area contributed by atoms with Gasteiger partial charge in [-0.05, 0) is 47.9 Å². The Balaban J connectivity index is 1.45. The molecular formula is C27H22FN3O5. The van der Waals surface area contributed by atoms with Crippen molar-refractivity contribution < 1.29 is 29.0 Å². The Hall–Kier alpha value is -4.24. The summed E-state index contributed by atoms with van der Waals surface area (Å²) < 4.78 is 14.4. The summed E-state index contributed by atoms with van der Waals surface area (Å²) in [5.74, 6) is -4.56. The minimum absolute atomic E-state index is 0.0614. The zero-order valence-electron chi connectivity index (χ0n) is 18.9. The summed E-state index contributed by atoms with van der Waals surface area (Å²) >= 11 is 0. The van der Waals surface area contributed by atoms with Crippen molar-refractivity contribution in [1.82, 2.24) is 10.2 Å². The average Bonchev–Trinajstić information content (AvgIpc) is 3.43. The molecule has 6 rings (SSSR count). The Labute approximate surface area is 205 Å². The van der Waals surface area contributed by atoms with E-state index in [9.17, 15) is 29.0 Å². The minimum atomic E-state index is -1.62. The van der Waals surface area contributed by atoms with Gasteiger partial charge in [0.25, 0.3) is 0 Å². The van der Waals surface area contributed by atoms with E-state index in [2.05, 4.69) is 10.6 Å². The number of anilines is 1. The van der Waals surface area contributed by atoms with E-state index >= 15 is 0 Å². The quantitative estimate of drug-likeness (QED) is 0.332. The molecule has 3 aliphatic rings. The van der Waals surface area contributed by atoms with Gasteiger partial charge in [0.1, 0.15) is 11.4 Å². The fourth-order valence-corrected chi connectivity index (χ4v) is 5.88. The molecule has 3 amide bonds. The van der Waals surface area contributed by atoms with Crippen LogP contribution in [0.4, 0.5) is 10.1 Å². The van der Waals surface area contributed by atoms with Crippen LogP contribution in [-0.2, 0) is 32.9 Å². The second kappa shape index (κ2) is 7.89. The van der Waals surface area contributed by atoms with Gasteiger partial charge >= 0.3 is 0 Å². The van der Waals surface area contributed by atoms with Crippen molar-refractivity contribution in [2.45, 2.75) is 24.5 Å². The Morgan fingerprint density at radius 2 is 1.67 bits per heavy atom. The van der Waals surface area contributed by atoms with Crippen LogP contribution in [0.3, 0.4) is 0 Å². The van der Waals surface area contributed by atoms with Gasteiger partial charge in [0.2, 0.25) is 17.7 Å². The van der Waals surface area contributed by atoms with E-state index < -0.39 is 47.0 Å². The molecule has 3 aromatic carbocycles. The van der Waals surface area contributed by atoms with Crippen LogP contribution in [0.2, 0.25) is 0 Å². The van der Waals surface area contributed by atoms with E-state index in [-0.39, 0.29) is 24.5 Å². The van der Waals surface area contributed by atoms with Crippen LogP contribution in [0.15, 0.2) is 66.7 Å². The largest absolute Gasteiger partial charge is 0.504 e. The molecule has 3 aromatic rings. The number of nitrogens with zero attached hydrogens (tertiary/aromatic N) is 1. The summed E-state index contributed by atoms with van der Waals surface area (Å²) in [6, 6.07) is 16.6. The summed E-state index contributed by atoms with van der Waals surface area (Å²) in [6.07, 6.45) is 0.187. The number of likely N-dealkylation sites (tertiary alicyclic amines) is 1. The van der Waals surface area contributed by atoms with Gasteiger partial charge in [-0.15, -0.1) is 0 Å². The van der Waals surface area contributed by atoms with Gasteiger partial charge in [-0.25, -0.2) is 4.39 Å². The number of aromatic hydroxyl groups is 2. The second-order valence-corrected chi connectivity index (χ2v) is 9.48. The fourth-order valence-electron chi connectivity index (χ4n) is 5.88. The minimum Gasteiger partial charge on any atom is -0.504 e. The van der Waals surface area contributed by atoms with E-state index in [0.29, 0.717) is 16.8 Å². The predicted octanol–water partition coefficient (Wildman–Crippen LogP) is 2.40. The van der Waals surface area contributed by atoms with Crippen LogP contribution in [0.5, 0.6) is 11.5 Å². The number of benzene rings is 3. The number of amides is 3. The van der Waals surface area contributed by atoms with Crippen molar-refractivity contribution in [2.24, 2.45) is 11.8 Å². The molecule has 0 aromatic heterocycles. The van der Waals surface area contributed by atoms with Crippen molar-refractivity contribution in [2.75, 3.05) is 5.32 Å². The number of rotatable bonds is 4. The summed E-state index contributed by atoms with van der Waals surface area (Å²) in [7, 11) is 0. The highest BCUT2D eigenvalue weighted by Crippen LogP contribution is 2.53. The van der Waals surface area contributed by atoms with E-state index in [1.807, 2.05) is 30.3 Å². The molecule has 0 bridgehead atoms. The third-order valence-electron chi connectivity index (χ3n) is 7.45. The topological polar surface area (TPSA) is 119 Å². The standard InChI is InChI=1S/C27H22FN3O5/c28-16-7-8-18-17(12-16)27(26(36)29-18)23-22(19(30-27)10-15-6-9-20(32)21(33)11-15)24(34)31(25(23)35)13-14-4-2-1-3-5-14/h1-9,11-12,19,22-23,30,32-33H,10,13H2,(H,29,36)/t19?,22-,23+,27?/m1/s1. The lowest BCUT2D eigenvalue weighted by molar-refractivity contribution is -0.143. The Kier molecular flexibility index (Phi) is 4.87. The van der Waals surface area contributed by atoms with Gasteiger partial charge in [-0.3, -0.25) is 24.6 Å². The Bertz CT molecular complexity index is 1430. The first-order chi connectivity index (χ1) is 17.3. The van der Waals surface area contributed by atoms with Crippen molar-refractivity contribution in [3.05, 3.63) is 89.2 Å². The molecule has 182 valence electrons. The predicted molar refractivity (Wildman–Crippen MR) is 126 cm³/mol. The van der Waals surface area contributed by atoms with Gasteiger partial charge in [-0.1, -0.05) is 36.4 Å². The highest BCUT2D eigenvalue weighted by atomic mass is 19.1. The molecule has 9 heteroatoms. The number of nitrogens with one attached hydrogen (secondary N) is 2. The van der Waals surface area contributed by atoms with Crippen molar-refractivity contribution in [3.8, 4) is 11.5 Å². The third-order valence-corrected chi connectivity index (χ3v) is 7.45. The van der Waals surface area contributed by atoms with Gasteiger partial charge in [0, 0.05) is 17.3 Å². The molecule has 4 N–H and O–H groups in total. The number of fused-ring (bicyclic) bond motifs is 4. The number of hydrogen-bond acceptors (Lipinski definition) is 6. The molecule has 2 unspecified atom stereocenters. The van der Waals surface area contributed by atoms with Crippen LogP contribution in [0.25, 0.3) is 0 Å². The maximum Gasteiger partial charge on any atom is 0.250 e. The maximum atomic E-state index is 14.4. The monoisotopic (exact) mass is 487 g/mol. The molecule has 0 radical (unpaired) electrons. The van der Waals surface area contributed by atoms with E-state index in [0.717, 1.165) is 5.56 Å². The van der Waals surface area contributed by atoms with Gasteiger partial charge in [0.05, 0.1) is 18.4 Å². The highest BCUT2D eigenvalue weighted by molar-refractivity contribution is 6.15. The van der Waals surface area contributed by atoms with Crippen LogP contribution < -0.4 is 10.6 Å². The number of carbonyl (C=O) groups is 3. The average molecular weight is 487 g/mol. The number of hydrogen-bond donors (Lipinski definition) is 4. The third kappa shape index (κ3) is 3.12. The van der Waals surface area contributed by atoms with Crippen molar-refractivity contribution in [1.29, 1.82) is 0 Å². The zero-order valence-corrected chi connectivity index (χ0v) is 18.9. The SMILES string of the molecule is O=C1[C@@H]2C(Cc3ccc(O)c(O)c3)NC3(C(=O)Nc4ccc(F)cc43)[C@@H]2C(=O)N1Cc1ccccc1. The Morgan fingerprint density at radius 1 is 0.889 bits per heavy atom. The number of carbonyl (C=O) groups excluding carboxylic acids is 3. The zero-order chi connectivity index (χ0) is 25.2. The summed E-state index contributed by atoms with van der Waals surface area (Å²) in [6.45, 7) is 0.0614. The summed E-state index contributed by atoms with van der Waals surface area (Å²) in [5.41, 5.74) is 0.421. The first-order valence-corrected chi connectivity index (χ1v) is 11.6. The first kappa shape index (κ1) is 22.2.